The number of nitrogens with zero attached hydrogens (tertiary/aromatic N) is 2. The number of hydrogen-bond donors (Lipinski definition) is 2. The molecule has 0 radical (unpaired) electrons. The fourth-order valence-electron chi connectivity index (χ4n) is 2.86. The summed E-state index contributed by atoms with van der Waals surface area (Å²) in [6, 6.07) is 6.05. The van der Waals surface area contributed by atoms with Crippen LogP contribution in [0.1, 0.15) is 24.8 Å². The van der Waals surface area contributed by atoms with Gasteiger partial charge in [0.1, 0.15) is 5.70 Å². The highest BCUT2D eigenvalue weighted by molar-refractivity contribution is 7.16. The zero-order valence-corrected chi connectivity index (χ0v) is 13.9. The molecule has 3 heterocycles. The molecule has 1 amide bonds. The van der Waals surface area contributed by atoms with Gasteiger partial charge in [-0.1, -0.05) is 6.07 Å². The minimum Gasteiger partial charge on any atom is -0.379 e. The number of aromatic nitrogens is 1. The molecule has 0 aliphatic carbocycles. The number of aliphatic imine (C=N–C) groups is 1. The third-order valence-electron chi connectivity index (χ3n) is 4.09. The molecule has 7 heteroatoms. The molecule has 2 N–H and O–H groups in total. The molecule has 0 bridgehead atoms. The second-order valence-corrected chi connectivity index (χ2v) is 6.81. The Morgan fingerprint density at radius 3 is 3.25 bits per heavy atom. The van der Waals surface area contributed by atoms with E-state index >= 15 is 0 Å². The monoisotopic (exact) mass is 342 g/mol. The number of fused-ring (bicyclic) bond motifs is 1. The minimum atomic E-state index is -0.160. The van der Waals surface area contributed by atoms with Crippen molar-refractivity contribution in [2.75, 3.05) is 13.2 Å². The Morgan fingerprint density at radius 1 is 1.33 bits per heavy atom. The Morgan fingerprint density at radius 2 is 2.29 bits per heavy atom. The number of amides is 1. The van der Waals surface area contributed by atoms with Crippen LogP contribution in [0.15, 0.2) is 34.4 Å². The van der Waals surface area contributed by atoms with Gasteiger partial charge < -0.3 is 10.1 Å². The Labute approximate surface area is 143 Å². The number of rotatable bonds is 2. The van der Waals surface area contributed by atoms with Gasteiger partial charge in [0.15, 0.2) is 0 Å². The van der Waals surface area contributed by atoms with Gasteiger partial charge in [-0.3, -0.25) is 10.1 Å². The van der Waals surface area contributed by atoms with Crippen LogP contribution >= 0.6 is 11.3 Å². The molecule has 0 unspecified atom stereocenters. The first-order valence-electron chi connectivity index (χ1n) is 8.07. The number of carbonyl (C=O) groups excluding carboxylic acids is 1. The first-order valence-corrected chi connectivity index (χ1v) is 8.95. The molecular formula is C17H18N4O2S. The van der Waals surface area contributed by atoms with E-state index in [1.54, 1.807) is 11.3 Å². The SMILES string of the molecule is O=C1NC(=N[C@@H]2CCCCOC2)N/C1=C\c1ccc2ncsc2c1. The molecule has 2 aromatic rings. The fourth-order valence-corrected chi connectivity index (χ4v) is 3.58. The lowest BCUT2D eigenvalue weighted by molar-refractivity contribution is -0.115. The van der Waals surface area contributed by atoms with Gasteiger partial charge in [0.2, 0.25) is 5.96 Å². The van der Waals surface area contributed by atoms with Gasteiger partial charge >= 0.3 is 0 Å². The summed E-state index contributed by atoms with van der Waals surface area (Å²) >= 11 is 1.59. The predicted molar refractivity (Wildman–Crippen MR) is 94.8 cm³/mol. The summed E-state index contributed by atoms with van der Waals surface area (Å²) in [6.45, 7) is 1.41. The van der Waals surface area contributed by atoms with Crippen LogP contribution < -0.4 is 10.6 Å². The van der Waals surface area contributed by atoms with E-state index in [2.05, 4.69) is 20.6 Å². The molecule has 2 aliphatic rings. The normalized spacial score (nSPS) is 25.0. The zero-order valence-electron chi connectivity index (χ0n) is 13.1. The van der Waals surface area contributed by atoms with Crippen LogP contribution in [0, 0.1) is 0 Å². The summed E-state index contributed by atoms with van der Waals surface area (Å²) in [6.07, 6.45) is 5.00. The number of thiazole rings is 1. The van der Waals surface area contributed by atoms with Crippen molar-refractivity contribution in [1.29, 1.82) is 0 Å². The molecule has 2 aliphatic heterocycles. The van der Waals surface area contributed by atoms with Crippen LogP contribution in [0.3, 0.4) is 0 Å². The lowest BCUT2D eigenvalue weighted by Crippen LogP contribution is -2.28. The quantitative estimate of drug-likeness (QED) is 0.821. The van der Waals surface area contributed by atoms with Crippen molar-refractivity contribution < 1.29 is 9.53 Å². The maximum Gasteiger partial charge on any atom is 0.274 e. The van der Waals surface area contributed by atoms with Crippen molar-refractivity contribution in [2.45, 2.75) is 25.3 Å². The summed E-state index contributed by atoms with van der Waals surface area (Å²) in [7, 11) is 0. The molecule has 124 valence electrons. The van der Waals surface area contributed by atoms with Gasteiger partial charge in [-0.15, -0.1) is 11.3 Å². The number of benzene rings is 1. The topological polar surface area (TPSA) is 75.6 Å². The minimum absolute atomic E-state index is 0.100. The molecular weight excluding hydrogens is 324 g/mol. The number of nitrogens with one attached hydrogen (secondary N) is 2. The molecule has 0 spiro atoms. The smallest absolute Gasteiger partial charge is 0.274 e. The van der Waals surface area contributed by atoms with E-state index in [1.807, 2.05) is 29.8 Å². The molecule has 24 heavy (non-hydrogen) atoms. The molecule has 1 aromatic carbocycles. The van der Waals surface area contributed by atoms with Crippen LogP contribution in [0.4, 0.5) is 0 Å². The third-order valence-corrected chi connectivity index (χ3v) is 4.89. The standard InChI is InChI=1S/C17H18N4O2S/c22-16-14(7-11-4-5-13-15(8-11)24-10-18-13)20-17(21-16)19-12-3-1-2-6-23-9-12/h4-5,7-8,10,12H,1-3,6,9H2,(H2,19,20,21,22)/b14-7-/t12-/m1/s1. The van der Waals surface area contributed by atoms with Gasteiger partial charge in [-0.05, 0) is 43.0 Å². The highest BCUT2D eigenvalue weighted by Gasteiger charge is 2.23. The van der Waals surface area contributed by atoms with Gasteiger partial charge in [-0.2, -0.15) is 0 Å². The van der Waals surface area contributed by atoms with Crippen molar-refractivity contribution in [3.05, 3.63) is 35.0 Å². The van der Waals surface area contributed by atoms with Crippen molar-refractivity contribution >= 4 is 39.5 Å². The Bertz CT molecular complexity index is 819. The molecule has 0 saturated carbocycles. The van der Waals surface area contributed by atoms with E-state index < -0.39 is 0 Å². The average molecular weight is 342 g/mol. The highest BCUT2D eigenvalue weighted by Crippen LogP contribution is 2.20. The number of ether oxygens (including phenoxy) is 1. The van der Waals surface area contributed by atoms with Crippen LogP contribution in [-0.4, -0.2) is 36.1 Å². The number of guanidine groups is 1. The zero-order chi connectivity index (χ0) is 16.4. The second-order valence-electron chi connectivity index (χ2n) is 5.92. The Kier molecular flexibility index (Phi) is 4.27. The summed E-state index contributed by atoms with van der Waals surface area (Å²) in [5.74, 6) is 0.355. The molecule has 2 fully saturated rings. The average Bonchev–Trinajstić information content (AvgIpc) is 3.07. The van der Waals surface area contributed by atoms with E-state index in [0.717, 1.165) is 41.6 Å². The molecule has 2 saturated heterocycles. The van der Waals surface area contributed by atoms with E-state index in [-0.39, 0.29) is 11.9 Å². The second kappa shape index (κ2) is 6.70. The number of hydrogen-bond acceptors (Lipinski definition) is 5. The Balaban J connectivity index is 1.52. The van der Waals surface area contributed by atoms with Crippen molar-refractivity contribution in [3.63, 3.8) is 0 Å². The summed E-state index contributed by atoms with van der Waals surface area (Å²) in [4.78, 5) is 21.0. The van der Waals surface area contributed by atoms with Crippen LogP contribution in [0.5, 0.6) is 0 Å². The summed E-state index contributed by atoms with van der Waals surface area (Å²) in [5.41, 5.74) is 4.26. The maximum atomic E-state index is 12.1. The molecule has 4 rings (SSSR count). The van der Waals surface area contributed by atoms with Crippen LogP contribution in [-0.2, 0) is 9.53 Å². The third kappa shape index (κ3) is 3.32. The first kappa shape index (κ1) is 15.3. The van der Waals surface area contributed by atoms with Crippen molar-refractivity contribution in [3.8, 4) is 0 Å². The lowest BCUT2D eigenvalue weighted by Gasteiger charge is -2.09. The fraction of sp³-hybridized carbons (Fsp3) is 0.353. The van der Waals surface area contributed by atoms with E-state index in [9.17, 15) is 4.79 Å². The van der Waals surface area contributed by atoms with Gasteiger partial charge in [0.25, 0.3) is 5.91 Å². The van der Waals surface area contributed by atoms with Gasteiger partial charge in [0, 0.05) is 6.61 Å². The number of carbonyl (C=O) groups is 1. The van der Waals surface area contributed by atoms with E-state index in [0.29, 0.717) is 18.3 Å². The maximum absolute atomic E-state index is 12.1. The van der Waals surface area contributed by atoms with Crippen LogP contribution in [0.25, 0.3) is 16.3 Å². The van der Waals surface area contributed by atoms with E-state index in [1.165, 1.54) is 0 Å². The first-order chi connectivity index (χ1) is 11.8. The predicted octanol–water partition coefficient (Wildman–Crippen LogP) is 2.28. The lowest BCUT2D eigenvalue weighted by atomic mass is 10.1. The van der Waals surface area contributed by atoms with Crippen molar-refractivity contribution in [2.24, 2.45) is 4.99 Å². The highest BCUT2D eigenvalue weighted by atomic mass is 32.1. The van der Waals surface area contributed by atoms with Crippen molar-refractivity contribution in [1.82, 2.24) is 15.6 Å². The molecule has 1 aromatic heterocycles. The Hall–Kier alpha value is -2.25. The van der Waals surface area contributed by atoms with Crippen LogP contribution in [0.2, 0.25) is 0 Å². The summed E-state index contributed by atoms with van der Waals surface area (Å²) < 4.78 is 6.64. The van der Waals surface area contributed by atoms with E-state index in [4.69, 9.17) is 4.74 Å². The summed E-state index contributed by atoms with van der Waals surface area (Å²) in [5, 5.41) is 5.87. The largest absolute Gasteiger partial charge is 0.379 e. The molecule has 6 nitrogen and oxygen atoms in total. The van der Waals surface area contributed by atoms with Gasteiger partial charge in [0.05, 0.1) is 28.4 Å². The molecule has 1 atom stereocenters. The van der Waals surface area contributed by atoms with Gasteiger partial charge in [-0.25, -0.2) is 9.98 Å².